The maximum Gasteiger partial charge on any atom is 0.132 e. The maximum absolute atomic E-state index is 10.9. The number of hydrogen-bond donors (Lipinski definition) is 2. The number of aliphatic hydroxyl groups is 1. The third-order valence-corrected chi connectivity index (χ3v) is 7.31. The van der Waals surface area contributed by atoms with E-state index in [4.69, 9.17) is 4.98 Å². The molecule has 0 spiro atoms. The Morgan fingerprint density at radius 3 is 2.54 bits per heavy atom. The predicted octanol–water partition coefficient (Wildman–Crippen LogP) is 7.90. The first kappa shape index (κ1) is 24.6. The van der Waals surface area contributed by atoms with Crippen molar-refractivity contribution in [2.24, 2.45) is 5.92 Å². The number of aromatic nitrogens is 2. The van der Waals surface area contributed by atoms with Crippen LogP contribution in [0.1, 0.15) is 53.1 Å². The van der Waals surface area contributed by atoms with Crippen molar-refractivity contribution in [1.29, 1.82) is 0 Å². The van der Waals surface area contributed by atoms with Crippen molar-refractivity contribution in [2.45, 2.75) is 47.6 Å². The van der Waals surface area contributed by atoms with Crippen molar-refractivity contribution in [3.05, 3.63) is 113 Å². The van der Waals surface area contributed by atoms with Crippen molar-refractivity contribution < 1.29 is 5.11 Å². The fourth-order valence-electron chi connectivity index (χ4n) is 5.33. The molecular formula is C33H35N3O. The summed E-state index contributed by atoms with van der Waals surface area (Å²) >= 11 is 0. The smallest absolute Gasteiger partial charge is 0.132 e. The van der Waals surface area contributed by atoms with Crippen molar-refractivity contribution >= 4 is 33.1 Å². The summed E-state index contributed by atoms with van der Waals surface area (Å²) < 4.78 is 2.18. The molecule has 0 saturated carbocycles. The predicted molar refractivity (Wildman–Crippen MR) is 157 cm³/mol. The number of hydrogen-bond acceptors (Lipinski definition) is 3. The maximum atomic E-state index is 10.9. The Hall–Kier alpha value is -4.05. The molecule has 5 rings (SSSR count). The molecule has 0 fully saturated rings. The van der Waals surface area contributed by atoms with Crippen LogP contribution in [0.15, 0.2) is 73.6 Å². The SMILES string of the molecule is C=C1NC=CC=C1c1c(C(=C)O)n(Cc2cc3ccc(CC(C)C)cc3nc2C)c2cc(C)c(C)cc12. The van der Waals surface area contributed by atoms with Gasteiger partial charge in [-0.25, -0.2) is 0 Å². The molecule has 2 aromatic carbocycles. The number of pyridine rings is 1. The lowest BCUT2D eigenvalue weighted by molar-refractivity contribution is 0.505. The monoisotopic (exact) mass is 489 g/mol. The van der Waals surface area contributed by atoms with Crippen LogP contribution in [0, 0.1) is 26.7 Å². The van der Waals surface area contributed by atoms with Crippen LogP contribution in [0.2, 0.25) is 0 Å². The second kappa shape index (κ2) is 9.44. The molecule has 0 radical (unpaired) electrons. The average Bonchev–Trinajstić information content (AvgIpc) is 3.13. The summed E-state index contributed by atoms with van der Waals surface area (Å²) in [5.74, 6) is 0.640. The third kappa shape index (κ3) is 4.48. The number of nitrogens with zero attached hydrogens (tertiary/aromatic N) is 2. The van der Waals surface area contributed by atoms with Crippen LogP contribution in [0.25, 0.3) is 33.1 Å². The standard InChI is InChI=1S/C33H35N3O/c1-19(2)13-25-10-11-26-17-27(22(5)35-30(26)16-25)18-36-31-15-21(4)20(3)14-29(31)32(33(36)24(7)37)28-9-8-12-34-23(28)6/h8-12,14-17,19,34,37H,6-7,13,18H2,1-5H3. The Morgan fingerprint density at radius 2 is 1.84 bits per heavy atom. The second-order valence-electron chi connectivity index (χ2n) is 10.6. The van der Waals surface area contributed by atoms with E-state index >= 15 is 0 Å². The highest BCUT2D eigenvalue weighted by Gasteiger charge is 2.25. The topological polar surface area (TPSA) is 50.1 Å². The molecule has 1 aliphatic rings. The van der Waals surface area contributed by atoms with Gasteiger partial charge in [-0.15, -0.1) is 0 Å². The number of dihydropyridines is 1. The minimum atomic E-state index is 0.0366. The van der Waals surface area contributed by atoms with E-state index in [0.717, 1.165) is 56.3 Å². The summed E-state index contributed by atoms with van der Waals surface area (Å²) in [5, 5.41) is 16.4. The molecule has 4 heteroatoms. The van der Waals surface area contributed by atoms with Gasteiger partial charge in [0.15, 0.2) is 0 Å². The fourth-order valence-corrected chi connectivity index (χ4v) is 5.33. The minimum absolute atomic E-state index is 0.0366. The first-order valence-corrected chi connectivity index (χ1v) is 12.9. The number of aliphatic hydroxyl groups excluding tert-OH is 1. The molecule has 0 aliphatic carbocycles. The van der Waals surface area contributed by atoms with Crippen molar-refractivity contribution in [2.75, 3.05) is 0 Å². The van der Waals surface area contributed by atoms with Crippen LogP contribution < -0.4 is 5.32 Å². The Kier molecular flexibility index (Phi) is 6.28. The first-order chi connectivity index (χ1) is 17.6. The van der Waals surface area contributed by atoms with E-state index in [1.807, 2.05) is 18.4 Å². The van der Waals surface area contributed by atoms with Gasteiger partial charge < -0.3 is 15.0 Å². The van der Waals surface area contributed by atoms with Gasteiger partial charge in [0.1, 0.15) is 5.76 Å². The number of nitrogens with one attached hydrogen (secondary N) is 1. The number of benzene rings is 2. The van der Waals surface area contributed by atoms with Crippen molar-refractivity contribution in [1.82, 2.24) is 14.9 Å². The molecule has 4 aromatic rings. The number of fused-ring (bicyclic) bond motifs is 2. The Labute approximate surface area is 219 Å². The van der Waals surface area contributed by atoms with E-state index in [1.54, 1.807) is 0 Å². The summed E-state index contributed by atoms with van der Waals surface area (Å²) in [6, 6.07) is 13.2. The first-order valence-electron chi connectivity index (χ1n) is 12.9. The van der Waals surface area contributed by atoms with Crippen molar-refractivity contribution in [3.63, 3.8) is 0 Å². The van der Waals surface area contributed by atoms with Gasteiger partial charge in [-0.05, 0) is 85.7 Å². The third-order valence-electron chi connectivity index (χ3n) is 7.31. The summed E-state index contributed by atoms with van der Waals surface area (Å²) in [7, 11) is 0. The number of rotatable bonds is 6. The lowest BCUT2D eigenvalue weighted by Gasteiger charge is -2.17. The van der Waals surface area contributed by atoms with Gasteiger partial charge in [-0.1, -0.05) is 45.2 Å². The zero-order valence-electron chi connectivity index (χ0n) is 22.4. The summed E-state index contributed by atoms with van der Waals surface area (Å²) in [6.07, 6.45) is 6.91. The molecular weight excluding hydrogens is 454 g/mol. The molecule has 37 heavy (non-hydrogen) atoms. The molecule has 2 N–H and O–H groups in total. The minimum Gasteiger partial charge on any atom is -0.506 e. The van der Waals surface area contributed by atoms with Gasteiger partial charge >= 0.3 is 0 Å². The average molecular weight is 490 g/mol. The number of aryl methyl sites for hydroxylation is 3. The van der Waals surface area contributed by atoms with E-state index < -0.39 is 0 Å². The molecule has 2 aromatic heterocycles. The largest absolute Gasteiger partial charge is 0.506 e. The Bertz CT molecular complexity index is 1650. The van der Waals surface area contributed by atoms with E-state index in [-0.39, 0.29) is 5.76 Å². The fraction of sp³-hybridized carbons (Fsp3) is 0.242. The van der Waals surface area contributed by atoms with Crippen molar-refractivity contribution in [3.8, 4) is 0 Å². The van der Waals surface area contributed by atoms with Gasteiger partial charge in [0, 0.05) is 45.0 Å². The molecule has 0 amide bonds. The highest BCUT2D eigenvalue weighted by atomic mass is 16.3. The molecule has 4 nitrogen and oxygen atoms in total. The van der Waals surface area contributed by atoms with Crippen LogP contribution in [-0.4, -0.2) is 14.7 Å². The Morgan fingerprint density at radius 1 is 1.08 bits per heavy atom. The molecule has 3 heterocycles. The summed E-state index contributed by atoms with van der Waals surface area (Å²) in [6.45, 7) is 19.6. The van der Waals surface area contributed by atoms with Gasteiger partial charge in [-0.3, -0.25) is 4.98 Å². The quantitative estimate of drug-likeness (QED) is 0.271. The van der Waals surface area contributed by atoms with Crippen LogP contribution in [0.5, 0.6) is 0 Å². The van der Waals surface area contributed by atoms with Crippen LogP contribution in [0.3, 0.4) is 0 Å². The second-order valence-corrected chi connectivity index (χ2v) is 10.6. The molecule has 0 saturated heterocycles. The molecule has 188 valence electrons. The zero-order valence-corrected chi connectivity index (χ0v) is 22.4. The zero-order chi connectivity index (χ0) is 26.4. The summed E-state index contributed by atoms with van der Waals surface area (Å²) in [4.78, 5) is 4.99. The van der Waals surface area contributed by atoms with Gasteiger partial charge in [-0.2, -0.15) is 0 Å². The van der Waals surface area contributed by atoms with Gasteiger partial charge in [0.25, 0.3) is 0 Å². The van der Waals surface area contributed by atoms with E-state index in [2.05, 4.69) is 94.1 Å². The Balaban J connectivity index is 1.71. The van der Waals surface area contributed by atoms with E-state index in [1.165, 1.54) is 16.7 Å². The normalized spacial score (nSPS) is 13.5. The highest BCUT2D eigenvalue weighted by Crippen LogP contribution is 2.39. The van der Waals surface area contributed by atoms with E-state index in [0.29, 0.717) is 18.2 Å². The lowest BCUT2D eigenvalue weighted by Crippen LogP contribution is -2.11. The molecule has 0 atom stereocenters. The van der Waals surface area contributed by atoms with E-state index in [9.17, 15) is 5.11 Å². The highest BCUT2D eigenvalue weighted by molar-refractivity contribution is 6.02. The number of allylic oxidation sites excluding steroid dienone is 3. The van der Waals surface area contributed by atoms with Crippen LogP contribution in [-0.2, 0) is 13.0 Å². The molecule has 1 aliphatic heterocycles. The summed E-state index contributed by atoms with van der Waals surface area (Å²) in [5.41, 5.74) is 11.3. The lowest BCUT2D eigenvalue weighted by atomic mass is 9.95. The van der Waals surface area contributed by atoms with Gasteiger partial charge in [0.2, 0.25) is 0 Å². The molecule has 0 bridgehead atoms. The van der Waals surface area contributed by atoms with Crippen LogP contribution >= 0.6 is 0 Å². The van der Waals surface area contributed by atoms with Crippen LogP contribution in [0.4, 0.5) is 0 Å². The molecule has 0 unspecified atom stereocenters. The van der Waals surface area contributed by atoms with Gasteiger partial charge in [0.05, 0.1) is 17.8 Å².